The number of amides is 1. The van der Waals surface area contributed by atoms with E-state index in [4.69, 9.17) is 9.47 Å². The number of fused-ring (bicyclic) bond motifs is 1. The summed E-state index contributed by atoms with van der Waals surface area (Å²) in [5, 5.41) is 3.23. The molecule has 0 aliphatic rings. The summed E-state index contributed by atoms with van der Waals surface area (Å²) in [6, 6.07) is 20.0. The SMILES string of the molecule is COc1ccc(CCNC(=O)c2ccc3c(=O)n(CCc4ccccc4)c(=O)[nH]c3c2)cc1OC. The standard InChI is InChI=1S/C27H27N3O5/c1-34-23-11-8-19(16-24(23)35-2)12-14-28-25(31)20-9-10-21-22(17-20)29-27(33)30(26(21)32)15-13-18-6-4-3-5-7-18/h3-11,16-17H,12-15H2,1-2H3,(H,28,31)(H,29,33). The lowest BCUT2D eigenvalue weighted by atomic mass is 10.1. The second kappa shape index (κ2) is 10.7. The molecule has 2 N–H and O–H groups in total. The Morgan fingerprint density at radius 3 is 2.40 bits per heavy atom. The summed E-state index contributed by atoms with van der Waals surface area (Å²) in [6.45, 7) is 0.677. The largest absolute Gasteiger partial charge is 0.493 e. The van der Waals surface area contributed by atoms with E-state index in [1.165, 1.54) is 10.6 Å². The summed E-state index contributed by atoms with van der Waals surface area (Å²) < 4.78 is 11.7. The highest BCUT2D eigenvalue weighted by Gasteiger charge is 2.12. The summed E-state index contributed by atoms with van der Waals surface area (Å²) in [6.07, 6.45) is 1.17. The van der Waals surface area contributed by atoms with Crippen molar-refractivity contribution in [2.24, 2.45) is 0 Å². The zero-order valence-corrected chi connectivity index (χ0v) is 19.7. The number of carbonyl (C=O) groups excluding carboxylic acids is 1. The second-order valence-corrected chi connectivity index (χ2v) is 8.08. The molecule has 1 amide bonds. The quantitative estimate of drug-likeness (QED) is 0.389. The van der Waals surface area contributed by atoms with Crippen molar-refractivity contribution < 1.29 is 14.3 Å². The van der Waals surface area contributed by atoms with Gasteiger partial charge in [-0.1, -0.05) is 36.4 Å². The molecular weight excluding hydrogens is 446 g/mol. The first kappa shape index (κ1) is 23.8. The number of H-pyrrole nitrogens is 1. The third kappa shape index (κ3) is 5.43. The maximum Gasteiger partial charge on any atom is 0.328 e. The minimum absolute atomic E-state index is 0.270. The van der Waals surface area contributed by atoms with Crippen molar-refractivity contribution in [3.63, 3.8) is 0 Å². The molecule has 1 aromatic heterocycles. The lowest BCUT2D eigenvalue weighted by Gasteiger charge is -2.10. The van der Waals surface area contributed by atoms with Crippen molar-refractivity contribution >= 4 is 16.8 Å². The summed E-state index contributed by atoms with van der Waals surface area (Å²) in [7, 11) is 3.15. The lowest BCUT2D eigenvalue weighted by molar-refractivity contribution is 0.0954. The van der Waals surface area contributed by atoms with E-state index in [1.807, 2.05) is 48.5 Å². The first-order valence-corrected chi connectivity index (χ1v) is 11.3. The van der Waals surface area contributed by atoms with E-state index < -0.39 is 5.69 Å². The van der Waals surface area contributed by atoms with Crippen LogP contribution in [-0.4, -0.2) is 36.2 Å². The Bertz CT molecular complexity index is 1460. The van der Waals surface area contributed by atoms with E-state index in [0.717, 1.165) is 11.1 Å². The van der Waals surface area contributed by atoms with Crippen LogP contribution >= 0.6 is 0 Å². The number of nitrogens with one attached hydrogen (secondary N) is 2. The number of methoxy groups -OCH3 is 2. The summed E-state index contributed by atoms with van der Waals surface area (Å²) >= 11 is 0. The molecule has 1 heterocycles. The second-order valence-electron chi connectivity index (χ2n) is 8.08. The number of hydrogen-bond acceptors (Lipinski definition) is 5. The number of ether oxygens (including phenoxy) is 2. The van der Waals surface area contributed by atoms with Gasteiger partial charge in [-0.25, -0.2) is 4.79 Å². The van der Waals surface area contributed by atoms with Crippen molar-refractivity contribution in [1.82, 2.24) is 14.9 Å². The average molecular weight is 474 g/mol. The van der Waals surface area contributed by atoms with E-state index >= 15 is 0 Å². The molecule has 3 aromatic carbocycles. The van der Waals surface area contributed by atoms with Crippen LogP contribution in [0.2, 0.25) is 0 Å². The maximum absolute atomic E-state index is 12.9. The predicted octanol–water partition coefficient (Wildman–Crippen LogP) is 2.92. The molecule has 0 saturated carbocycles. The van der Waals surface area contributed by atoms with Gasteiger partial charge >= 0.3 is 5.69 Å². The first-order chi connectivity index (χ1) is 17.0. The minimum Gasteiger partial charge on any atom is -0.493 e. The monoisotopic (exact) mass is 473 g/mol. The van der Waals surface area contributed by atoms with Crippen molar-refractivity contribution in [3.05, 3.63) is 104 Å². The molecule has 8 heteroatoms. The van der Waals surface area contributed by atoms with Crippen molar-refractivity contribution in [3.8, 4) is 11.5 Å². The Balaban J connectivity index is 1.44. The number of aryl methyl sites for hydroxylation is 1. The van der Waals surface area contributed by atoms with Crippen LogP contribution in [0.15, 0.2) is 76.3 Å². The normalized spacial score (nSPS) is 10.8. The van der Waals surface area contributed by atoms with Gasteiger partial charge in [0.1, 0.15) is 0 Å². The molecule has 0 unspecified atom stereocenters. The fourth-order valence-corrected chi connectivity index (χ4v) is 3.94. The zero-order valence-electron chi connectivity index (χ0n) is 19.7. The van der Waals surface area contributed by atoms with Crippen LogP contribution in [0.5, 0.6) is 11.5 Å². The van der Waals surface area contributed by atoms with Gasteiger partial charge in [0.25, 0.3) is 11.5 Å². The highest BCUT2D eigenvalue weighted by Crippen LogP contribution is 2.27. The van der Waals surface area contributed by atoms with Crippen LogP contribution in [-0.2, 0) is 19.4 Å². The molecule has 0 aliphatic heterocycles. The van der Waals surface area contributed by atoms with Crippen LogP contribution in [0.4, 0.5) is 0 Å². The van der Waals surface area contributed by atoms with E-state index in [1.54, 1.807) is 26.4 Å². The van der Waals surface area contributed by atoms with Gasteiger partial charge in [0, 0.05) is 18.7 Å². The van der Waals surface area contributed by atoms with Crippen molar-refractivity contribution in [2.45, 2.75) is 19.4 Å². The minimum atomic E-state index is -0.496. The first-order valence-electron chi connectivity index (χ1n) is 11.3. The van der Waals surface area contributed by atoms with Gasteiger partial charge < -0.3 is 19.8 Å². The van der Waals surface area contributed by atoms with Crippen molar-refractivity contribution in [2.75, 3.05) is 20.8 Å². The molecule has 0 spiro atoms. The van der Waals surface area contributed by atoms with Gasteiger partial charge in [-0.3, -0.25) is 14.2 Å². The predicted molar refractivity (Wildman–Crippen MR) is 135 cm³/mol. The molecule has 0 radical (unpaired) electrons. The number of benzene rings is 3. The lowest BCUT2D eigenvalue weighted by Crippen LogP contribution is -2.35. The Morgan fingerprint density at radius 2 is 1.66 bits per heavy atom. The maximum atomic E-state index is 12.9. The Morgan fingerprint density at radius 1 is 0.886 bits per heavy atom. The van der Waals surface area contributed by atoms with Gasteiger partial charge in [-0.05, 0) is 54.3 Å². The van der Waals surface area contributed by atoms with Crippen LogP contribution < -0.4 is 26.0 Å². The van der Waals surface area contributed by atoms with E-state index in [0.29, 0.717) is 47.4 Å². The van der Waals surface area contributed by atoms with E-state index in [9.17, 15) is 14.4 Å². The number of nitrogens with zero attached hydrogens (tertiary/aromatic N) is 1. The van der Waals surface area contributed by atoms with Crippen LogP contribution in [0, 0.1) is 0 Å². The highest BCUT2D eigenvalue weighted by atomic mass is 16.5. The number of carbonyl (C=O) groups is 1. The molecule has 4 rings (SSSR count). The van der Waals surface area contributed by atoms with Crippen molar-refractivity contribution in [1.29, 1.82) is 0 Å². The number of hydrogen-bond donors (Lipinski definition) is 2. The van der Waals surface area contributed by atoms with Gasteiger partial charge in [0.2, 0.25) is 0 Å². The van der Waals surface area contributed by atoms with E-state index in [2.05, 4.69) is 10.3 Å². The number of rotatable bonds is 9. The van der Waals surface area contributed by atoms with Gasteiger partial charge in [-0.15, -0.1) is 0 Å². The zero-order chi connectivity index (χ0) is 24.8. The Kier molecular flexibility index (Phi) is 7.30. The van der Waals surface area contributed by atoms with Gasteiger partial charge in [0.15, 0.2) is 11.5 Å². The number of aromatic nitrogens is 2. The highest BCUT2D eigenvalue weighted by molar-refractivity contribution is 5.97. The third-order valence-electron chi connectivity index (χ3n) is 5.86. The topological polar surface area (TPSA) is 102 Å². The molecular formula is C27H27N3O5. The molecule has 35 heavy (non-hydrogen) atoms. The molecule has 4 aromatic rings. The van der Waals surface area contributed by atoms with Crippen LogP contribution in [0.3, 0.4) is 0 Å². The molecule has 180 valence electrons. The Labute approximate surface area is 202 Å². The molecule has 0 saturated heterocycles. The van der Waals surface area contributed by atoms with E-state index in [-0.39, 0.29) is 18.0 Å². The van der Waals surface area contributed by atoms with Crippen LogP contribution in [0.1, 0.15) is 21.5 Å². The molecule has 0 atom stereocenters. The fraction of sp³-hybridized carbons (Fsp3) is 0.222. The Hall–Kier alpha value is -4.33. The molecule has 8 nitrogen and oxygen atoms in total. The smallest absolute Gasteiger partial charge is 0.328 e. The summed E-state index contributed by atoms with van der Waals surface area (Å²) in [5.41, 5.74) is 1.86. The molecule has 0 fully saturated rings. The average Bonchev–Trinajstić information content (AvgIpc) is 2.88. The molecule has 0 bridgehead atoms. The van der Waals surface area contributed by atoms with Gasteiger partial charge in [0.05, 0.1) is 25.1 Å². The summed E-state index contributed by atoms with van der Waals surface area (Å²) in [5.74, 6) is 0.982. The summed E-state index contributed by atoms with van der Waals surface area (Å²) in [4.78, 5) is 40.9. The molecule has 0 aliphatic carbocycles. The van der Waals surface area contributed by atoms with Gasteiger partial charge in [-0.2, -0.15) is 0 Å². The third-order valence-corrected chi connectivity index (χ3v) is 5.86. The number of aromatic amines is 1. The van der Waals surface area contributed by atoms with Crippen LogP contribution in [0.25, 0.3) is 10.9 Å². The fourth-order valence-electron chi connectivity index (χ4n) is 3.94.